The van der Waals surface area contributed by atoms with E-state index in [4.69, 9.17) is 11.6 Å². The first-order valence-corrected chi connectivity index (χ1v) is 14.8. The van der Waals surface area contributed by atoms with Gasteiger partial charge in [0.15, 0.2) is 0 Å². The summed E-state index contributed by atoms with van der Waals surface area (Å²) in [6, 6.07) is 50.0. The van der Waals surface area contributed by atoms with Crippen molar-refractivity contribution in [3.8, 4) is 16.8 Å². The maximum Gasteiger partial charge on any atom is 0.0561 e. The first-order valence-electron chi connectivity index (χ1n) is 14.4. The number of hydrogen-bond donors (Lipinski definition) is 0. The van der Waals surface area contributed by atoms with Gasteiger partial charge in [-0.3, -0.25) is 0 Å². The minimum absolute atomic E-state index is 0.0860. The van der Waals surface area contributed by atoms with Gasteiger partial charge >= 0.3 is 0 Å². The Morgan fingerprint density at radius 2 is 1.14 bits per heavy atom. The van der Waals surface area contributed by atoms with Gasteiger partial charge in [-0.25, -0.2) is 0 Å². The third-order valence-corrected chi connectivity index (χ3v) is 9.09. The summed E-state index contributed by atoms with van der Waals surface area (Å²) in [4.78, 5) is 2.35. The molecule has 3 heteroatoms. The summed E-state index contributed by atoms with van der Waals surface area (Å²) in [5.74, 6) is 0. The van der Waals surface area contributed by atoms with Crippen LogP contribution in [0.4, 0.5) is 17.1 Å². The predicted octanol–water partition coefficient (Wildman–Crippen LogP) is 11.2. The molecule has 6 aromatic carbocycles. The third-order valence-electron chi connectivity index (χ3n) is 8.84. The molecule has 1 aromatic heterocycles. The number of aromatic nitrogens is 1. The molecule has 2 nitrogen and oxygen atoms in total. The number of fused-ring (bicyclic) bond motifs is 6. The van der Waals surface area contributed by atoms with Gasteiger partial charge in [0.2, 0.25) is 0 Å². The SMILES string of the molecule is CC1(C)c2ccccc2-c2ccc(N(c3ccc(Cl)cc3)c3ccc4c5ccccc5n(-c5ccccc5)c4c3)cc21. The average Bonchev–Trinajstić information content (AvgIpc) is 3.47. The van der Waals surface area contributed by atoms with Crippen LogP contribution in [0.5, 0.6) is 0 Å². The summed E-state index contributed by atoms with van der Waals surface area (Å²) >= 11 is 6.36. The third kappa shape index (κ3) is 3.72. The molecule has 1 aliphatic rings. The lowest BCUT2D eigenvalue weighted by Crippen LogP contribution is -2.16. The number of halogens is 1. The number of rotatable bonds is 4. The Balaban J connectivity index is 1.37. The van der Waals surface area contributed by atoms with E-state index in [0.29, 0.717) is 0 Å². The summed E-state index contributed by atoms with van der Waals surface area (Å²) in [7, 11) is 0. The number of anilines is 3. The van der Waals surface area contributed by atoms with Crippen LogP contribution in [-0.2, 0) is 5.41 Å². The Bertz CT molecular complexity index is 2120. The van der Waals surface area contributed by atoms with Gasteiger partial charge in [-0.2, -0.15) is 0 Å². The average molecular weight is 561 g/mol. The van der Waals surface area contributed by atoms with Crippen molar-refractivity contribution in [3.05, 3.63) is 156 Å². The summed E-state index contributed by atoms with van der Waals surface area (Å²) in [6.45, 7) is 4.66. The minimum Gasteiger partial charge on any atom is -0.310 e. The standard InChI is InChI=1S/C39H29ClN2/c1-39(2)35-14-8-6-12-31(35)32-22-20-29(24-36(32)39)41(28-18-16-26(40)17-19-28)30-21-23-34-33-13-7-9-15-37(33)42(38(34)25-30)27-10-4-3-5-11-27/h3-25H,1-2H3. The molecule has 8 rings (SSSR count). The summed E-state index contributed by atoms with van der Waals surface area (Å²) in [5, 5.41) is 3.21. The molecule has 0 radical (unpaired) electrons. The molecule has 0 aliphatic heterocycles. The maximum atomic E-state index is 6.36. The highest BCUT2D eigenvalue weighted by atomic mass is 35.5. The summed E-state index contributed by atoms with van der Waals surface area (Å²) in [5.41, 5.74) is 12.1. The van der Waals surface area contributed by atoms with Crippen molar-refractivity contribution in [2.24, 2.45) is 0 Å². The summed E-state index contributed by atoms with van der Waals surface area (Å²) < 4.78 is 2.37. The molecule has 0 bridgehead atoms. The fraction of sp³-hybridized carbons (Fsp3) is 0.0769. The molecule has 0 amide bonds. The molecule has 7 aromatic rings. The van der Waals surface area contributed by atoms with Crippen LogP contribution >= 0.6 is 11.6 Å². The Morgan fingerprint density at radius 3 is 1.98 bits per heavy atom. The normalized spacial score (nSPS) is 13.3. The molecule has 0 spiro atoms. The van der Waals surface area contributed by atoms with Gasteiger partial charge in [0.05, 0.1) is 11.0 Å². The zero-order valence-electron chi connectivity index (χ0n) is 23.6. The molecular formula is C39H29ClN2. The van der Waals surface area contributed by atoms with E-state index < -0.39 is 0 Å². The molecule has 0 unspecified atom stereocenters. The molecule has 0 saturated carbocycles. The number of para-hydroxylation sites is 2. The lowest BCUT2D eigenvalue weighted by Gasteiger charge is -2.28. The number of hydrogen-bond acceptors (Lipinski definition) is 1. The van der Waals surface area contributed by atoms with Crippen molar-refractivity contribution < 1.29 is 0 Å². The molecule has 0 atom stereocenters. The fourth-order valence-electron chi connectivity index (χ4n) is 6.82. The van der Waals surface area contributed by atoms with Crippen LogP contribution in [0, 0.1) is 0 Å². The number of nitrogens with zero attached hydrogens (tertiary/aromatic N) is 2. The van der Waals surface area contributed by atoms with Crippen molar-refractivity contribution >= 4 is 50.5 Å². The van der Waals surface area contributed by atoms with Gasteiger partial charge in [0.25, 0.3) is 0 Å². The molecule has 1 aliphatic carbocycles. The Labute approximate surface area is 251 Å². The molecule has 1 heterocycles. The van der Waals surface area contributed by atoms with Gasteiger partial charge < -0.3 is 9.47 Å². The van der Waals surface area contributed by atoms with Crippen LogP contribution in [-0.4, -0.2) is 4.57 Å². The van der Waals surface area contributed by atoms with Crippen molar-refractivity contribution in [3.63, 3.8) is 0 Å². The van der Waals surface area contributed by atoms with Crippen molar-refractivity contribution in [1.82, 2.24) is 4.57 Å². The van der Waals surface area contributed by atoms with E-state index in [1.165, 1.54) is 44.1 Å². The van der Waals surface area contributed by atoms with Crippen LogP contribution in [0.1, 0.15) is 25.0 Å². The summed E-state index contributed by atoms with van der Waals surface area (Å²) in [6.07, 6.45) is 0. The molecule has 42 heavy (non-hydrogen) atoms. The largest absolute Gasteiger partial charge is 0.310 e. The molecule has 0 saturated heterocycles. The second-order valence-corrected chi connectivity index (χ2v) is 12.0. The molecule has 202 valence electrons. The van der Waals surface area contributed by atoms with Crippen molar-refractivity contribution in [1.29, 1.82) is 0 Å². The second-order valence-electron chi connectivity index (χ2n) is 11.6. The first kappa shape index (κ1) is 25.0. The van der Waals surface area contributed by atoms with Gasteiger partial charge in [0.1, 0.15) is 0 Å². The second kappa shape index (κ2) is 9.37. The van der Waals surface area contributed by atoms with E-state index in [1.807, 2.05) is 12.1 Å². The molecule has 0 fully saturated rings. The van der Waals surface area contributed by atoms with Gasteiger partial charge in [0, 0.05) is 44.0 Å². The number of benzene rings is 6. The van der Waals surface area contributed by atoms with E-state index in [-0.39, 0.29) is 5.41 Å². The van der Waals surface area contributed by atoms with Gasteiger partial charge in [-0.15, -0.1) is 0 Å². The first-order chi connectivity index (χ1) is 20.5. The van der Waals surface area contributed by atoms with Crippen LogP contribution in [0.2, 0.25) is 5.02 Å². The van der Waals surface area contributed by atoms with Crippen LogP contribution < -0.4 is 4.90 Å². The van der Waals surface area contributed by atoms with E-state index in [2.05, 4.69) is 151 Å². The zero-order valence-corrected chi connectivity index (χ0v) is 24.3. The highest BCUT2D eigenvalue weighted by molar-refractivity contribution is 6.30. The van der Waals surface area contributed by atoms with Crippen molar-refractivity contribution in [2.45, 2.75) is 19.3 Å². The van der Waals surface area contributed by atoms with Crippen LogP contribution in [0.25, 0.3) is 38.6 Å². The maximum absolute atomic E-state index is 6.36. The zero-order chi connectivity index (χ0) is 28.4. The minimum atomic E-state index is -0.0860. The smallest absolute Gasteiger partial charge is 0.0561 e. The van der Waals surface area contributed by atoms with E-state index in [1.54, 1.807) is 0 Å². The molecular weight excluding hydrogens is 532 g/mol. The lowest BCUT2D eigenvalue weighted by atomic mass is 9.82. The van der Waals surface area contributed by atoms with Gasteiger partial charge in [-0.1, -0.05) is 98.2 Å². The lowest BCUT2D eigenvalue weighted by molar-refractivity contribution is 0.660. The van der Waals surface area contributed by atoms with Gasteiger partial charge in [-0.05, 0) is 89.0 Å². The Hall–Kier alpha value is -4.79. The highest BCUT2D eigenvalue weighted by Gasteiger charge is 2.35. The molecule has 0 N–H and O–H groups in total. The van der Waals surface area contributed by atoms with E-state index >= 15 is 0 Å². The van der Waals surface area contributed by atoms with Crippen LogP contribution in [0.3, 0.4) is 0 Å². The van der Waals surface area contributed by atoms with Crippen molar-refractivity contribution in [2.75, 3.05) is 4.90 Å². The topological polar surface area (TPSA) is 8.17 Å². The monoisotopic (exact) mass is 560 g/mol. The fourth-order valence-corrected chi connectivity index (χ4v) is 6.95. The van der Waals surface area contributed by atoms with E-state index in [0.717, 1.165) is 27.8 Å². The Morgan fingerprint density at radius 1 is 0.524 bits per heavy atom. The van der Waals surface area contributed by atoms with Crippen LogP contribution in [0.15, 0.2) is 140 Å². The quantitative estimate of drug-likeness (QED) is 0.208. The highest BCUT2D eigenvalue weighted by Crippen LogP contribution is 2.50. The Kier molecular flexibility index (Phi) is 5.57. The predicted molar refractivity (Wildman–Crippen MR) is 178 cm³/mol. The van der Waals surface area contributed by atoms with E-state index in [9.17, 15) is 0 Å².